The zero-order valence-electron chi connectivity index (χ0n) is 42.8. The van der Waals surface area contributed by atoms with Crippen LogP contribution < -0.4 is 0 Å². The number of rotatable bonds is 48. The highest BCUT2D eigenvalue weighted by atomic mass is 31.2. The number of carbonyl (C=O) groups is 3. The number of ether oxygens (including phenoxy) is 3. The Morgan fingerprint density at radius 2 is 0.765 bits per heavy atom. The SMILES string of the molecule is CC/C=C\C/C=C\C/C=C\C/C=C\CCCCCCC(=O)OC(COC(=O)CCCCCCCCCCCCC)COP(=O)(O)OCC(CO)OC(=O)CCCCC/C=C\C/C=C\C/C=C\CC. The Morgan fingerprint density at radius 1 is 0.426 bits per heavy atom. The number of allylic oxidation sites excluding steroid dienone is 14. The van der Waals surface area contributed by atoms with E-state index < -0.39 is 57.8 Å². The summed E-state index contributed by atoms with van der Waals surface area (Å²) in [6.07, 6.45) is 55.5. The Kier molecular flexibility index (Phi) is 47.6. The lowest BCUT2D eigenvalue weighted by Gasteiger charge is -2.21. The lowest BCUT2D eigenvalue weighted by atomic mass is 10.1. The molecule has 11 nitrogen and oxygen atoms in total. The lowest BCUT2D eigenvalue weighted by Crippen LogP contribution is -2.30. The molecule has 0 aliphatic heterocycles. The van der Waals surface area contributed by atoms with Gasteiger partial charge in [0, 0.05) is 19.3 Å². The number of hydrogen-bond acceptors (Lipinski definition) is 10. The van der Waals surface area contributed by atoms with E-state index in [1.165, 1.54) is 44.9 Å². The van der Waals surface area contributed by atoms with Crippen LogP contribution in [-0.2, 0) is 42.2 Å². The molecule has 0 aromatic rings. The summed E-state index contributed by atoms with van der Waals surface area (Å²) in [6.45, 7) is 4.33. The monoisotopic (exact) mass is 975 g/mol. The largest absolute Gasteiger partial charge is 0.472 e. The summed E-state index contributed by atoms with van der Waals surface area (Å²) in [6, 6.07) is 0. The molecule has 0 saturated heterocycles. The van der Waals surface area contributed by atoms with Gasteiger partial charge in [0.15, 0.2) is 6.10 Å². The molecule has 68 heavy (non-hydrogen) atoms. The van der Waals surface area contributed by atoms with Crippen molar-refractivity contribution in [2.24, 2.45) is 0 Å². The van der Waals surface area contributed by atoms with Crippen molar-refractivity contribution in [2.75, 3.05) is 26.4 Å². The second-order valence-corrected chi connectivity index (χ2v) is 18.7. The first-order valence-electron chi connectivity index (χ1n) is 26.5. The number of aliphatic hydroxyl groups excluding tert-OH is 1. The van der Waals surface area contributed by atoms with E-state index in [0.29, 0.717) is 19.3 Å². The van der Waals surface area contributed by atoms with Crippen LogP contribution in [0.5, 0.6) is 0 Å². The molecule has 12 heteroatoms. The van der Waals surface area contributed by atoms with E-state index in [1.807, 2.05) is 0 Å². The van der Waals surface area contributed by atoms with Crippen LogP contribution in [0.1, 0.15) is 213 Å². The van der Waals surface area contributed by atoms with Crippen LogP contribution in [0.3, 0.4) is 0 Å². The van der Waals surface area contributed by atoms with E-state index in [9.17, 15) is 28.9 Å². The molecule has 0 radical (unpaired) electrons. The third-order valence-electron chi connectivity index (χ3n) is 10.8. The summed E-state index contributed by atoms with van der Waals surface area (Å²) in [5.74, 6) is -1.53. The predicted octanol–water partition coefficient (Wildman–Crippen LogP) is 15.1. The smallest absolute Gasteiger partial charge is 0.462 e. The lowest BCUT2D eigenvalue weighted by molar-refractivity contribution is -0.161. The van der Waals surface area contributed by atoms with Crippen LogP contribution in [0.25, 0.3) is 0 Å². The molecule has 0 fully saturated rings. The Bertz CT molecular complexity index is 1460. The average molecular weight is 975 g/mol. The van der Waals surface area contributed by atoms with Gasteiger partial charge in [-0.3, -0.25) is 23.4 Å². The molecule has 0 bridgehead atoms. The predicted molar refractivity (Wildman–Crippen MR) is 279 cm³/mol. The van der Waals surface area contributed by atoms with E-state index in [0.717, 1.165) is 109 Å². The van der Waals surface area contributed by atoms with Gasteiger partial charge in [0.2, 0.25) is 0 Å². The number of phosphoric acid groups is 1. The Hall–Kier alpha value is -3.34. The molecule has 0 heterocycles. The van der Waals surface area contributed by atoms with Crippen molar-refractivity contribution < 1.29 is 52.2 Å². The topological polar surface area (TPSA) is 155 Å². The Labute approximate surface area is 413 Å². The number of esters is 3. The second kappa shape index (κ2) is 50.1. The van der Waals surface area contributed by atoms with Gasteiger partial charge in [-0.25, -0.2) is 4.57 Å². The summed E-state index contributed by atoms with van der Waals surface area (Å²) in [5.41, 5.74) is 0. The number of hydrogen-bond donors (Lipinski definition) is 2. The van der Waals surface area contributed by atoms with Gasteiger partial charge >= 0.3 is 25.7 Å². The van der Waals surface area contributed by atoms with Gasteiger partial charge in [0.25, 0.3) is 0 Å². The van der Waals surface area contributed by atoms with Crippen LogP contribution in [-0.4, -0.2) is 66.5 Å². The van der Waals surface area contributed by atoms with E-state index in [2.05, 4.69) is 106 Å². The molecule has 0 aromatic carbocycles. The highest BCUT2D eigenvalue weighted by molar-refractivity contribution is 7.47. The molecule has 0 rings (SSSR count). The van der Waals surface area contributed by atoms with E-state index in [1.54, 1.807) is 0 Å². The van der Waals surface area contributed by atoms with Crippen molar-refractivity contribution in [3.05, 3.63) is 85.1 Å². The summed E-state index contributed by atoms with van der Waals surface area (Å²) < 4.78 is 39.3. The van der Waals surface area contributed by atoms with Gasteiger partial charge < -0.3 is 24.2 Å². The fourth-order valence-corrected chi connectivity index (χ4v) is 7.61. The van der Waals surface area contributed by atoms with Crippen molar-refractivity contribution in [3.63, 3.8) is 0 Å². The fraction of sp³-hybridized carbons (Fsp3) is 0.696. The van der Waals surface area contributed by atoms with Gasteiger partial charge in [-0.2, -0.15) is 0 Å². The van der Waals surface area contributed by atoms with Crippen molar-refractivity contribution in [1.82, 2.24) is 0 Å². The van der Waals surface area contributed by atoms with Crippen LogP contribution in [0, 0.1) is 0 Å². The standard InChI is InChI=1S/C56H95O11P/c1-4-7-10-13-16-19-22-24-25-26-27-29-32-35-38-41-44-47-56(60)67-53(49-63-54(58)45-42-39-36-33-30-21-18-15-12-9-6-3)51-65-68(61,62)64-50-52(48-57)66-55(59)46-43-40-37-34-31-28-23-20-17-14-11-8-5-2/h7-8,10-11,16-17,19-20,24-25,27-29,31,52-53,57H,4-6,9,12-15,18,21-23,26,30,32-51H2,1-3H3,(H,61,62)/b10-7-,11-8-,19-16-,20-17-,25-24-,29-27-,31-28-. The summed E-state index contributed by atoms with van der Waals surface area (Å²) in [7, 11) is -4.76. The summed E-state index contributed by atoms with van der Waals surface area (Å²) >= 11 is 0. The van der Waals surface area contributed by atoms with Crippen LogP contribution in [0.4, 0.5) is 0 Å². The maximum absolute atomic E-state index is 12.8. The van der Waals surface area contributed by atoms with Crippen molar-refractivity contribution >= 4 is 25.7 Å². The van der Waals surface area contributed by atoms with Gasteiger partial charge in [0.05, 0.1) is 19.8 Å². The minimum absolute atomic E-state index is 0.135. The number of carbonyl (C=O) groups excluding carboxylic acids is 3. The third kappa shape index (κ3) is 47.7. The van der Waals surface area contributed by atoms with Gasteiger partial charge in [-0.1, -0.05) is 189 Å². The maximum Gasteiger partial charge on any atom is 0.472 e. The van der Waals surface area contributed by atoms with E-state index >= 15 is 0 Å². The molecule has 0 amide bonds. The number of aliphatic hydroxyl groups is 1. The zero-order valence-corrected chi connectivity index (χ0v) is 43.7. The minimum atomic E-state index is -4.76. The highest BCUT2D eigenvalue weighted by Gasteiger charge is 2.28. The van der Waals surface area contributed by atoms with Crippen molar-refractivity contribution in [2.45, 2.75) is 226 Å². The van der Waals surface area contributed by atoms with Gasteiger partial charge in [0.1, 0.15) is 12.7 Å². The summed E-state index contributed by atoms with van der Waals surface area (Å²) in [4.78, 5) is 48.3. The molecule has 3 unspecified atom stereocenters. The zero-order chi connectivity index (χ0) is 49.9. The first kappa shape index (κ1) is 64.7. The second-order valence-electron chi connectivity index (χ2n) is 17.3. The number of unbranched alkanes of at least 4 members (excludes halogenated alkanes) is 17. The van der Waals surface area contributed by atoms with E-state index in [4.69, 9.17) is 23.3 Å². The molecule has 0 aliphatic rings. The quantitative estimate of drug-likeness (QED) is 0.0197. The fourth-order valence-electron chi connectivity index (χ4n) is 6.83. The molecular weight excluding hydrogens is 880 g/mol. The van der Waals surface area contributed by atoms with Crippen molar-refractivity contribution in [3.8, 4) is 0 Å². The Morgan fingerprint density at radius 3 is 1.19 bits per heavy atom. The average Bonchev–Trinajstić information content (AvgIpc) is 3.32. The highest BCUT2D eigenvalue weighted by Crippen LogP contribution is 2.43. The molecule has 3 atom stereocenters. The molecule has 390 valence electrons. The molecular formula is C56H95O11P. The maximum atomic E-state index is 12.8. The molecule has 0 aliphatic carbocycles. The molecule has 0 saturated carbocycles. The van der Waals surface area contributed by atoms with Crippen molar-refractivity contribution in [1.29, 1.82) is 0 Å². The number of phosphoric ester groups is 1. The Balaban J connectivity index is 4.80. The van der Waals surface area contributed by atoms with Crippen LogP contribution >= 0.6 is 7.82 Å². The first-order chi connectivity index (χ1) is 33.2. The molecule has 0 aromatic heterocycles. The summed E-state index contributed by atoms with van der Waals surface area (Å²) in [5, 5.41) is 9.77. The first-order valence-corrected chi connectivity index (χ1v) is 28.0. The normalized spacial score (nSPS) is 14.1. The minimum Gasteiger partial charge on any atom is -0.462 e. The molecule has 0 spiro atoms. The van der Waals surface area contributed by atoms with Crippen LogP contribution in [0.15, 0.2) is 85.1 Å². The van der Waals surface area contributed by atoms with Gasteiger partial charge in [-0.15, -0.1) is 0 Å². The third-order valence-corrected chi connectivity index (χ3v) is 11.8. The van der Waals surface area contributed by atoms with Gasteiger partial charge in [-0.05, 0) is 89.9 Å². The molecule has 2 N–H and O–H groups in total. The van der Waals surface area contributed by atoms with Crippen LogP contribution in [0.2, 0.25) is 0 Å². The van der Waals surface area contributed by atoms with E-state index in [-0.39, 0.29) is 25.9 Å².